The maximum absolute atomic E-state index is 5.93. The van der Waals surface area contributed by atoms with Crippen LogP contribution in [-0.2, 0) is 0 Å². The molecule has 0 radical (unpaired) electrons. The third kappa shape index (κ3) is 3.23. The fourth-order valence-electron chi connectivity index (χ4n) is 1.98. The average molecular weight is 316 g/mol. The zero-order chi connectivity index (χ0) is 14.8. The van der Waals surface area contributed by atoms with E-state index in [2.05, 4.69) is 22.2 Å². The molecule has 0 aliphatic rings. The quantitative estimate of drug-likeness (QED) is 0.720. The Morgan fingerprint density at radius 2 is 1.81 bits per heavy atom. The molecular formula is C16H14ClN3S. The molecule has 0 aliphatic heterocycles. The first kappa shape index (κ1) is 14.0. The second kappa shape index (κ2) is 5.84. The van der Waals surface area contributed by atoms with Crippen LogP contribution in [0.3, 0.4) is 0 Å². The smallest absolute Gasteiger partial charge is 0.189 e. The summed E-state index contributed by atoms with van der Waals surface area (Å²) in [4.78, 5) is 10.1. The van der Waals surface area contributed by atoms with Crippen LogP contribution in [0.25, 0.3) is 11.3 Å². The fraction of sp³-hybridized carbons (Fsp3) is 0.125. The van der Waals surface area contributed by atoms with Crippen LogP contribution >= 0.6 is 22.9 Å². The number of benzene rings is 1. The lowest BCUT2D eigenvalue weighted by molar-refractivity contribution is 1.25. The summed E-state index contributed by atoms with van der Waals surface area (Å²) in [6, 6.07) is 11.7. The molecule has 0 spiro atoms. The first-order valence-corrected chi connectivity index (χ1v) is 7.74. The summed E-state index contributed by atoms with van der Waals surface area (Å²) in [5.41, 5.74) is 3.18. The van der Waals surface area contributed by atoms with Gasteiger partial charge in [0.2, 0.25) is 0 Å². The minimum Gasteiger partial charge on any atom is -0.316 e. The molecule has 0 saturated carbocycles. The lowest BCUT2D eigenvalue weighted by Gasteiger charge is -2.01. The van der Waals surface area contributed by atoms with E-state index in [0.29, 0.717) is 0 Å². The van der Waals surface area contributed by atoms with Crippen molar-refractivity contribution in [3.05, 3.63) is 58.1 Å². The normalized spacial score (nSPS) is 10.6. The van der Waals surface area contributed by atoms with Crippen LogP contribution in [0.5, 0.6) is 0 Å². The molecule has 0 saturated heterocycles. The molecule has 0 atom stereocenters. The van der Waals surface area contributed by atoms with Gasteiger partial charge in [-0.3, -0.25) is 0 Å². The van der Waals surface area contributed by atoms with E-state index in [1.165, 1.54) is 0 Å². The number of pyridine rings is 1. The molecule has 3 aromatic rings. The SMILES string of the molecule is Cc1ccc(Nc2nc(-c3ccc(Cl)cc3)c(C)s2)nc1. The topological polar surface area (TPSA) is 37.8 Å². The highest BCUT2D eigenvalue weighted by atomic mass is 35.5. The number of hydrogen-bond acceptors (Lipinski definition) is 4. The van der Waals surface area contributed by atoms with Crippen LogP contribution in [0.4, 0.5) is 10.9 Å². The Hall–Kier alpha value is -1.91. The molecule has 0 aliphatic carbocycles. The minimum absolute atomic E-state index is 0.730. The number of hydrogen-bond donors (Lipinski definition) is 1. The Balaban J connectivity index is 1.87. The van der Waals surface area contributed by atoms with E-state index in [1.807, 2.05) is 49.5 Å². The summed E-state index contributed by atoms with van der Waals surface area (Å²) < 4.78 is 0. The van der Waals surface area contributed by atoms with Gasteiger partial charge in [-0.2, -0.15) is 0 Å². The van der Waals surface area contributed by atoms with Gasteiger partial charge in [0.15, 0.2) is 5.13 Å². The highest BCUT2D eigenvalue weighted by Gasteiger charge is 2.10. The molecule has 2 aromatic heterocycles. The summed E-state index contributed by atoms with van der Waals surface area (Å²) in [6.07, 6.45) is 1.84. The van der Waals surface area contributed by atoms with Gasteiger partial charge in [-0.05, 0) is 37.6 Å². The van der Waals surface area contributed by atoms with Crippen LogP contribution in [0.15, 0.2) is 42.6 Å². The molecule has 1 N–H and O–H groups in total. The van der Waals surface area contributed by atoms with Crippen molar-refractivity contribution in [1.82, 2.24) is 9.97 Å². The van der Waals surface area contributed by atoms with E-state index < -0.39 is 0 Å². The number of nitrogens with one attached hydrogen (secondary N) is 1. The number of aryl methyl sites for hydroxylation is 2. The summed E-state index contributed by atoms with van der Waals surface area (Å²) in [7, 11) is 0. The van der Waals surface area contributed by atoms with Crippen molar-refractivity contribution < 1.29 is 0 Å². The van der Waals surface area contributed by atoms with Crippen LogP contribution in [0.2, 0.25) is 5.02 Å². The highest BCUT2D eigenvalue weighted by Crippen LogP contribution is 2.32. The maximum Gasteiger partial charge on any atom is 0.189 e. The van der Waals surface area contributed by atoms with Crippen molar-refractivity contribution in [3.63, 3.8) is 0 Å². The first-order chi connectivity index (χ1) is 10.1. The molecule has 0 fully saturated rings. The number of rotatable bonds is 3. The Labute approximate surface area is 132 Å². The van der Waals surface area contributed by atoms with Gasteiger partial charge in [0.05, 0.1) is 5.69 Å². The summed E-state index contributed by atoms with van der Waals surface area (Å²) in [5.74, 6) is 0.803. The van der Waals surface area contributed by atoms with Crippen molar-refractivity contribution in [2.45, 2.75) is 13.8 Å². The number of anilines is 2. The molecule has 0 unspecified atom stereocenters. The largest absolute Gasteiger partial charge is 0.316 e. The Bertz CT molecular complexity index is 748. The van der Waals surface area contributed by atoms with Gasteiger partial charge >= 0.3 is 0 Å². The lowest BCUT2D eigenvalue weighted by atomic mass is 10.1. The van der Waals surface area contributed by atoms with Crippen LogP contribution in [0, 0.1) is 13.8 Å². The van der Waals surface area contributed by atoms with Gasteiger partial charge in [-0.25, -0.2) is 9.97 Å². The third-order valence-corrected chi connectivity index (χ3v) is 4.20. The standard InChI is InChI=1S/C16H14ClN3S/c1-10-3-8-14(18-9-10)19-16-20-15(11(2)21-16)12-4-6-13(17)7-5-12/h3-9H,1-2H3,(H,18,19,20). The van der Waals surface area contributed by atoms with E-state index >= 15 is 0 Å². The molecule has 2 heterocycles. The Kier molecular flexibility index (Phi) is 3.90. The van der Waals surface area contributed by atoms with Gasteiger partial charge in [0, 0.05) is 21.7 Å². The molecule has 0 bridgehead atoms. The van der Waals surface area contributed by atoms with Gasteiger partial charge in [0.25, 0.3) is 0 Å². The molecule has 5 heteroatoms. The predicted octanol–water partition coefficient (Wildman–Crippen LogP) is 5.22. The predicted molar refractivity (Wildman–Crippen MR) is 89.6 cm³/mol. The molecule has 106 valence electrons. The van der Waals surface area contributed by atoms with Crippen molar-refractivity contribution in [3.8, 4) is 11.3 Å². The summed E-state index contributed by atoms with van der Waals surface area (Å²) in [5, 5.41) is 4.82. The van der Waals surface area contributed by atoms with Crippen LogP contribution in [-0.4, -0.2) is 9.97 Å². The second-order valence-electron chi connectivity index (χ2n) is 4.78. The fourth-order valence-corrected chi connectivity index (χ4v) is 2.95. The summed E-state index contributed by atoms with van der Waals surface area (Å²) in [6.45, 7) is 4.08. The first-order valence-electron chi connectivity index (χ1n) is 6.55. The summed E-state index contributed by atoms with van der Waals surface area (Å²) >= 11 is 7.54. The minimum atomic E-state index is 0.730. The zero-order valence-corrected chi connectivity index (χ0v) is 13.3. The van der Waals surface area contributed by atoms with E-state index in [1.54, 1.807) is 11.3 Å². The highest BCUT2D eigenvalue weighted by molar-refractivity contribution is 7.16. The number of nitrogens with zero attached hydrogens (tertiary/aromatic N) is 2. The molecule has 1 aromatic carbocycles. The van der Waals surface area contributed by atoms with E-state index in [-0.39, 0.29) is 0 Å². The van der Waals surface area contributed by atoms with E-state index in [9.17, 15) is 0 Å². The Morgan fingerprint density at radius 3 is 2.48 bits per heavy atom. The van der Waals surface area contributed by atoms with Gasteiger partial charge in [0.1, 0.15) is 5.82 Å². The molecule has 3 rings (SSSR count). The number of thiazole rings is 1. The second-order valence-corrected chi connectivity index (χ2v) is 6.42. The average Bonchev–Trinajstić information content (AvgIpc) is 2.83. The van der Waals surface area contributed by atoms with Gasteiger partial charge in [-0.15, -0.1) is 11.3 Å². The van der Waals surface area contributed by atoms with E-state index in [0.717, 1.165) is 37.7 Å². The van der Waals surface area contributed by atoms with Crippen molar-refractivity contribution in [2.75, 3.05) is 5.32 Å². The van der Waals surface area contributed by atoms with Crippen molar-refractivity contribution in [2.24, 2.45) is 0 Å². The molecule has 3 nitrogen and oxygen atoms in total. The maximum atomic E-state index is 5.93. The van der Waals surface area contributed by atoms with Gasteiger partial charge < -0.3 is 5.32 Å². The number of aromatic nitrogens is 2. The van der Waals surface area contributed by atoms with Gasteiger partial charge in [-0.1, -0.05) is 29.8 Å². The van der Waals surface area contributed by atoms with E-state index in [4.69, 9.17) is 11.6 Å². The van der Waals surface area contributed by atoms with Crippen LogP contribution < -0.4 is 5.32 Å². The Morgan fingerprint density at radius 1 is 1.05 bits per heavy atom. The zero-order valence-electron chi connectivity index (χ0n) is 11.7. The monoisotopic (exact) mass is 315 g/mol. The molecular weight excluding hydrogens is 302 g/mol. The lowest BCUT2D eigenvalue weighted by Crippen LogP contribution is -1.92. The van der Waals surface area contributed by atoms with Crippen molar-refractivity contribution >= 4 is 33.9 Å². The molecule has 21 heavy (non-hydrogen) atoms. The number of halogens is 1. The molecule has 0 amide bonds. The van der Waals surface area contributed by atoms with Crippen LogP contribution in [0.1, 0.15) is 10.4 Å². The van der Waals surface area contributed by atoms with Crippen molar-refractivity contribution in [1.29, 1.82) is 0 Å². The third-order valence-electron chi connectivity index (χ3n) is 3.06.